The summed E-state index contributed by atoms with van der Waals surface area (Å²) in [6.45, 7) is 12.0. The second kappa shape index (κ2) is 19.3. The number of amidine groups is 1. The molecule has 0 radical (unpaired) electrons. The Balaban J connectivity index is 0.000000281. The van der Waals surface area contributed by atoms with E-state index in [1.165, 1.54) is 61.8 Å². The Labute approximate surface area is 324 Å². The van der Waals surface area contributed by atoms with Crippen molar-refractivity contribution >= 4 is 73.3 Å². The molecule has 0 aliphatic carbocycles. The van der Waals surface area contributed by atoms with Crippen LogP contribution in [0.5, 0.6) is 0 Å². The van der Waals surface area contributed by atoms with E-state index in [-0.39, 0.29) is 5.84 Å². The molecule has 0 saturated heterocycles. The van der Waals surface area contributed by atoms with E-state index in [4.69, 9.17) is 21.0 Å². The predicted molar refractivity (Wildman–Crippen MR) is 240 cm³/mol. The minimum Gasteiger partial charge on any atom is -0.456 e. The van der Waals surface area contributed by atoms with Crippen molar-refractivity contribution in [1.82, 2.24) is 0 Å². The van der Waals surface area contributed by atoms with Crippen LogP contribution in [0.25, 0.3) is 61.2 Å². The highest BCUT2D eigenvalue weighted by Gasteiger charge is 2.11. The van der Waals surface area contributed by atoms with Crippen LogP contribution < -0.4 is 16.2 Å². The summed E-state index contributed by atoms with van der Waals surface area (Å²) in [6, 6.07) is 49.7. The first-order valence-corrected chi connectivity index (χ1v) is 18.4. The molecule has 4 nitrogen and oxygen atoms in total. The van der Waals surface area contributed by atoms with Gasteiger partial charge in [-0.05, 0) is 101 Å². The summed E-state index contributed by atoms with van der Waals surface area (Å²) in [7, 11) is 0. The van der Waals surface area contributed by atoms with Gasteiger partial charge in [0.25, 0.3) is 0 Å². The third kappa shape index (κ3) is 10.0. The zero-order valence-electron chi connectivity index (χ0n) is 32.1. The largest absolute Gasteiger partial charge is 0.456 e. The lowest BCUT2D eigenvalue weighted by Gasteiger charge is -2.10. The molecule has 0 saturated carbocycles. The van der Waals surface area contributed by atoms with Crippen LogP contribution in [-0.2, 0) is 0 Å². The molecule has 0 spiro atoms. The molecule has 1 aromatic heterocycles. The molecular formula is C51H49N3O. The second-order valence-corrected chi connectivity index (χ2v) is 13.3. The van der Waals surface area contributed by atoms with E-state index in [9.17, 15) is 0 Å². The van der Waals surface area contributed by atoms with Crippen LogP contribution in [0.1, 0.15) is 42.5 Å². The number of nitrogens with two attached hydrogens (primary N) is 1. The molecule has 0 atom stereocenters. The van der Waals surface area contributed by atoms with Crippen molar-refractivity contribution in [3.63, 3.8) is 0 Å². The summed E-state index contributed by atoms with van der Waals surface area (Å²) < 4.78 is 6.05. The highest BCUT2D eigenvalue weighted by molar-refractivity contribution is 6.13. The Morgan fingerprint density at radius 2 is 1.25 bits per heavy atom. The predicted octanol–water partition coefficient (Wildman–Crippen LogP) is 12.1. The number of aryl methyl sites for hydroxylation is 2. The fraction of sp³-hybridized carbons (Fsp3) is 0.0980. The van der Waals surface area contributed by atoms with Gasteiger partial charge in [-0.3, -0.25) is 5.41 Å². The van der Waals surface area contributed by atoms with Gasteiger partial charge >= 0.3 is 0 Å². The average molecular weight is 720 g/mol. The fourth-order valence-corrected chi connectivity index (χ4v) is 6.60. The van der Waals surface area contributed by atoms with E-state index >= 15 is 0 Å². The van der Waals surface area contributed by atoms with Gasteiger partial charge in [0, 0.05) is 22.6 Å². The summed E-state index contributed by atoms with van der Waals surface area (Å²) >= 11 is 0. The zero-order valence-corrected chi connectivity index (χ0v) is 32.1. The number of benzene rings is 7. The highest BCUT2D eigenvalue weighted by atomic mass is 16.3. The van der Waals surface area contributed by atoms with Gasteiger partial charge in [0.2, 0.25) is 0 Å². The first kappa shape index (κ1) is 39.4. The number of rotatable bonds is 5. The molecule has 8 aromatic rings. The van der Waals surface area contributed by atoms with Crippen LogP contribution in [0.15, 0.2) is 169 Å². The van der Waals surface area contributed by atoms with E-state index in [0.717, 1.165) is 39.5 Å². The van der Waals surface area contributed by atoms with Gasteiger partial charge in [-0.1, -0.05) is 164 Å². The van der Waals surface area contributed by atoms with Gasteiger partial charge < -0.3 is 15.6 Å². The molecule has 0 amide bonds. The molecular weight excluding hydrogens is 671 g/mol. The van der Waals surface area contributed by atoms with Gasteiger partial charge in [-0.25, -0.2) is 0 Å². The van der Waals surface area contributed by atoms with E-state index < -0.39 is 0 Å². The summed E-state index contributed by atoms with van der Waals surface area (Å²) in [4.78, 5) is 0. The third-order valence-corrected chi connectivity index (χ3v) is 9.12. The lowest BCUT2D eigenvalue weighted by atomic mass is 9.94. The number of furan rings is 1. The van der Waals surface area contributed by atoms with Gasteiger partial charge in [-0.2, -0.15) is 0 Å². The number of hydrogen-bond acceptors (Lipinski definition) is 3. The second-order valence-electron chi connectivity index (χ2n) is 13.3. The van der Waals surface area contributed by atoms with Gasteiger partial charge in [0.15, 0.2) is 0 Å². The minimum absolute atomic E-state index is 0.167. The molecule has 8 rings (SSSR count). The van der Waals surface area contributed by atoms with Crippen molar-refractivity contribution in [1.29, 1.82) is 10.8 Å². The number of allylic oxidation sites excluding steroid dienone is 3. The molecule has 0 aliphatic rings. The van der Waals surface area contributed by atoms with Crippen LogP contribution in [-0.4, -0.2) is 12.1 Å². The molecule has 7 aromatic carbocycles. The first-order valence-electron chi connectivity index (χ1n) is 18.4. The lowest BCUT2D eigenvalue weighted by Crippen LogP contribution is -2.27. The normalized spacial score (nSPS) is 11.6. The van der Waals surface area contributed by atoms with E-state index in [2.05, 4.69) is 112 Å². The average Bonchev–Trinajstić information content (AvgIpc) is 3.58. The quantitative estimate of drug-likeness (QED) is 0.0939. The van der Waals surface area contributed by atoms with Gasteiger partial charge in [0.1, 0.15) is 11.2 Å². The van der Waals surface area contributed by atoms with Crippen LogP contribution in [0.3, 0.4) is 0 Å². The molecule has 4 N–H and O–H groups in total. The maximum atomic E-state index is 7.83. The van der Waals surface area contributed by atoms with Gasteiger partial charge in [-0.15, -0.1) is 0 Å². The zero-order chi connectivity index (χ0) is 39.2. The maximum absolute atomic E-state index is 7.83. The van der Waals surface area contributed by atoms with Gasteiger partial charge in [0.05, 0.1) is 5.84 Å². The standard InChI is InChI=1S/C36H29NO.C7H8.C6H6.C2H6N2/c1-4-10-30-29(27-14-5-6-15-28(27)31-17-8-12-24(3)35(30)31)16-7-11-23(2)25-19-20-33-32(21-25)36-26(22-37)13-9-18-34(36)38-33;1-7-5-3-2-4-6-7;1-2-4-6-5-3-1;1-2(3)4/h4-6,8-22,37H,1,7H2,2-3H3;2-6H,1H3;1-6H;1H3,(H3,3,4)/b23-11?,29-16+,30-10-,37-22?;;;. The van der Waals surface area contributed by atoms with Crippen LogP contribution in [0.2, 0.25) is 0 Å². The molecule has 0 fully saturated rings. The fourth-order valence-electron chi connectivity index (χ4n) is 6.60. The van der Waals surface area contributed by atoms with E-state index in [1.54, 1.807) is 0 Å². The van der Waals surface area contributed by atoms with Crippen LogP contribution in [0.4, 0.5) is 0 Å². The van der Waals surface area contributed by atoms with Crippen molar-refractivity contribution in [2.45, 2.75) is 34.1 Å². The van der Waals surface area contributed by atoms with Crippen molar-refractivity contribution < 1.29 is 4.42 Å². The monoisotopic (exact) mass is 719 g/mol. The van der Waals surface area contributed by atoms with Crippen molar-refractivity contribution in [2.75, 3.05) is 0 Å². The molecule has 0 bridgehead atoms. The van der Waals surface area contributed by atoms with Crippen molar-refractivity contribution in [3.8, 4) is 0 Å². The molecule has 0 unspecified atom stereocenters. The highest BCUT2D eigenvalue weighted by Crippen LogP contribution is 2.33. The summed E-state index contributed by atoms with van der Waals surface area (Å²) in [5, 5.41) is 23.7. The van der Waals surface area contributed by atoms with E-state index in [1.807, 2.05) is 84.9 Å². The smallest absolute Gasteiger partial charge is 0.136 e. The Morgan fingerprint density at radius 3 is 1.87 bits per heavy atom. The minimum atomic E-state index is 0.167. The first-order chi connectivity index (χ1) is 26.7. The Morgan fingerprint density at radius 1 is 0.655 bits per heavy atom. The SMILES string of the molecule is C=C/C=c1/c(=C/CC=C(C)c2ccc3oc4cccc(C=N)c4c3c2)c2ccccc2c2cccc(C)c12.CC(=N)N.Cc1ccccc1.c1ccccc1. The van der Waals surface area contributed by atoms with Crippen LogP contribution in [0, 0.1) is 24.7 Å². The summed E-state index contributed by atoms with van der Waals surface area (Å²) in [5.74, 6) is 0.167. The number of hydrogen-bond donors (Lipinski definition) is 3. The summed E-state index contributed by atoms with van der Waals surface area (Å²) in [5.41, 5.74) is 12.2. The molecule has 55 heavy (non-hydrogen) atoms. The Kier molecular flexibility index (Phi) is 13.9. The van der Waals surface area contributed by atoms with Crippen molar-refractivity contribution in [3.05, 3.63) is 197 Å². The number of fused-ring (bicyclic) bond motifs is 6. The Bertz CT molecular complexity index is 2690. The Hall–Kier alpha value is -6.78. The molecule has 1 heterocycles. The maximum Gasteiger partial charge on any atom is 0.136 e. The topological polar surface area (TPSA) is 86.9 Å². The number of nitrogens with one attached hydrogen (secondary N) is 2. The van der Waals surface area contributed by atoms with Crippen LogP contribution >= 0.6 is 0 Å². The summed E-state index contributed by atoms with van der Waals surface area (Å²) in [6.07, 6.45) is 10.9. The van der Waals surface area contributed by atoms with Crippen molar-refractivity contribution in [2.24, 2.45) is 5.73 Å². The lowest BCUT2D eigenvalue weighted by molar-refractivity contribution is 0.669. The third-order valence-electron chi connectivity index (χ3n) is 9.12. The molecule has 274 valence electrons. The molecule has 0 aliphatic heterocycles. The molecule has 4 heteroatoms. The van der Waals surface area contributed by atoms with E-state index in [0.29, 0.717) is 0 Å².